The van der Waals surface area contributed by atoms with Crippen LogP contribution < -0.4 is 4.74 Å². The number of phenolic OH excluding ortho intramolecular Hbond substituents is 1. The highest BCUT2D eigenvalue weighted by Gasteiger charge is 2.12. The van der Waals surface area contributed by atoms with Crippen LogP contribution in [-0.2, 0) is 0 Å². The van der Waals surface area contributed by atoms with Crippen molar-refractivity contribution in [2.24, 2.45) is 0 Å². The van der Waals surface area contributed by atoms with Crippen LogP contribution in [0.5, 0.6) is 11.5 Å². The monoisotopic (exact) mass is 354 g/mol. The zero-order valence-corrected chi connectivity index (χ0v) is 15.0. The van der Waals surface area contributed by atoms with E-state index in [-0.39, 0.29) is 17.3 Å². The number of hydrogen-bond acceptors (Lipinski definition) is 5. The quantitative estimate of drug-likeness (QED) is 0.552. The molecule has 1 aromatic carbocycles. The van der Waals surface area contributed by atoms with Crippen molar-refractivity contribution in [1.82, 2.24) is 9.55 Å². The molecule has 0 saturated heterocycles. The summed E-state index contributed by atoms with van der Waals surface area (Å²) < 4.78 is 7.11. The van der Waals surface area contributed by atoms with Crippen molar-refractivity contribution in [3.63, 3.8) is 0 Å². The van der Waals surface area contributed by atoms with Crippen LogP contribution in [-0.4, -0.2) is 27.6 Å². The number of rotatable bonds is 5. The molecule has 0 aliphatic rings. The van der Waals surface area contributed by atoms with E-state index in [9.17, 15) is 9.90 Å². The van der Waals surface area contributed by atoms with Crippen molar-refractivity contribution < 1.29 is 14.6 Å². The molecule has 128 valence electrons. The van der Waals surface area contributed by atoms with Crippen molar-refractivity contribution in [3.05, 3.63) is 64.4 Å². The van der Waals surface area contributed by atoms with Gasteiger partial charge in [0.15, 0.2) is 22.4 Å². The summed E-state index contributed by atoms with van der Waals surface area (Å²) in [6.45, 7) is 4.01. The third-order valence-electron chi connectivity index (χ3n) is 3.96. The molecule has 3 rings (SSSR count). The summed E-state index contributed by atoms with van der Waals surface area (Å²) in [5.41, 5.74) is 3.51. The van der Waals surface area contributed by atoms with Crippen molar-refractivity contribution in [3.8, 4) is 16.6 Å². The van der Waals surface area contributed by atoms with Gasteiger partial charge in [-0.05, 0) is 55.8 Å². The van der Waals surface area contributed by atoms with E-state index in [2.05, 4.69) is 9.55 Å². The Bertz CT molecular complexity index is 940. The lowest BCUT2D eigenvalue weighted by atomic mass is 10.1. The van der Waals surface area contributed by atoms with E-state index in [0.29, 0.717) is 5.56 Å². The summed E-state index contributed by atoms with van der Waals surface area (Å²) in [7, 11) is 1.45. The lowest BCUT2D eigenvalue weighted by molar-refractivity contribution is 0.104. The largest absolute Gasteiger partial charge is 0.504 e. The number of methoxy groups -OCH3 is 1. The standard InChI is InChI=1S/C19H18N2O3S/c1-12-10-14(13(2)21(12)19-20-8-9-25-19)4-6-16(22)15-5-7-17(23)18(11-15)24-3/h4-11,23H,1-3H3/b6-4+. The van der Waals surface area contributed by atoms with Gasteiger partial charge in [0, 0.05) is 28.5 Å². The van der Waals surface area contributed by atoms with E-state index in [4.69, 9.17) is 4.74 Å². The molecule has 1 N–H and O–H groups in total. The molecule has 0 aliphatic heterocycles. The van der Waals surface area contributed by atoms with Crippen LogP contribution in [0.3, 0.4) is 0 Å². The fourth-order valence-corrected chi connectivity index (χ4v) is 3.42. The van der Waals surface area contributed by atoms with Crippen LogP contribution in [0.25, 0.3) is 11.2 Å². The van der Waals surface area contributed by atoms with Gasteiger partial charge in [0.05, 0.1) is 7.11 Å². The van der Waals surface area contributed by atoms with E-state index in [1.54, 1.807) is 29.7 Å². The van der Waals surface area contributed by atoms with E-state index < -0.39 is 0 Å². The minimum atomic E-state index is -0.155. The number of ketones is 1. The number of aromatic hydroxyl groups is 1. The van der Waals surface area contributed by atoms with Gasteiger partial charge in [-0.3, -0.25) is 9.36 Å². The number of phenols is 1. The molecule has 6 heteroatoms. The molecular formula is C19H18N2O3S. The second-order valence-corrected chi connectivity index (χ2v) is 6.43. The molecule has 0 saturated carbocycles. The first-order valence-corrected chi connectivity index (χ1v) is 8.57. The predicted molar refractivity (Wildman–Crippen MR) is 98.9 cm³/mol. The highest BCUT2D eigenvalue weighted by Crippen LogP contribution is 2.27. The number of carbonyl (C=O) groups excluding carboxylic acids is 1. The Kier molecular flexibility index (Phi) is 4.72. The van der Waals surface area contributed by atoms with Crippen molar-refractivity contribution in [2.75, 3.05) is 7.11 Å². The topological polar surface area (TPSA) is 64.4 Å². The first kappa shape index (κ1) is 17.0. The third kappa shape index (κ3) is 3.34. The van der Waals surface area contributed by atoms with Crippen LogP contribution >= 0.6 is 11.3 Å². The minimum absolute atomic E-state index is 0.00928. The Morgan fingerprint density at radius 1 is 1.32 bits per heavy atom. The summed E-state index contributed by atoms with van der Waals surface area (Å²) in [4.78, 5) is 16.7. The van der Waals surface area contributed by atoms with E-state index in [1.165, 1.54) is 25.3 Å². The number of carbonyl (C=O) groups is 1. The molecule has 0 spiro atoms. The zero-order valence-electron chi connectivity index (χ0n) is 14.2. The Hall–Kier alpha value is -2.86. The van der Waals surface area contributed by atoms with Crippen molar-refractivity contribution in [1.29, 1.82) is 0 Å². The second kappa shape index (κ2) is 6.94. The third-order valence-corrected chi connectivity index (χ3v) is 4.72. The van der Waals surface area contributed by atoms with E-state index >= 15 is 0 Å². The Labute approximate surface area is 149 Å². The number of aryl methyl sites for hydroxylation is 1. The maximum atomic E-state index is 12.4. The van der Waals surface area contributed by atoms with Crippen LogP contribution in [0.1, 0.15) is 27.3 Å². The molecule has 0 unspecified atom stereocenters. The molecular weight excluding hydrogens is 336 g/mol. The van der Waals surface area contributed by atoms with Gasteiger partial charge in [0.25, 0.3) is 0 Å². The number of allylic oxidation sites excluding steroid dienone is 1. The second-order valence-electron chi connectivity index (χ2n) is 5.56. The smallest absolute Gasteiger partial charge is 0.193 e. The van der Waals surface area contributed by atoms with E-state index in [0.717, 1.165) is 22.1 Å². The number of aromatic nitrogens is 2. The molecule has 3 aromatic rings. The van der Waals surface area contributed by atoms with Crippen LogP contribution in [0.15, 0.2) is 41.9 Å². The normalized spacial score (nSPS) is 11.2. The molecule has 0 amide bonds. The maximum Gasteiger partial charge on any atom is 0.193 e. The first-order chi connectivity index (χ1) is 12.0. The van der Waals surface area contributed by atoms with Crippen molar-refractivity contribution >= 4 is 23.2 Å². The highest BCUT2D eigenvalue weighted by atomic mass is 32.1. The van der Waals surface area contributed by atoms with Crippen LogP contribution in [0, 0.1) is 13.8 Å². The molecule has 2 aromatic heterocycles. The first-order valence-electron chi connectivity index (χ1n) is 7.69. The fraction of sp³-hybridized carbons (Fsp3) is 0.158. The van der Waals surface area contributed by atoms with Gasteiger partial charge in [-0.25, -0.2) is 4.98 Å². The maximum absolute atomic E-state index is 12.4. The minimum Gasteiger partial charge on any atom is -0.504 e. The Morgan fingerprint density at radius 2 is 2.12 bits per heavy atom. The lowest BCUT2D eigenvalue weighted by Crippen LogP contribution is -1.98. The SMILES string of the molecule is COc1cc(C(=O)/C=C/c2cc(C)n(-c3nccs3)c2C)ccc1O. The van der Waals surface area contributed by atoms with Gasteiger partial charge in [-0.2, -0.15) is 0 Å². The Balaban J connectivity index is 1.87. The predicted octanol–water partition coefficient (Wildman–Crippen LogP) is 4.16. The molecule has 5 nitrogen and oxygen atoms in total. The number of thiazole rings is 1. The van der Waals surface area contributed by atoms with Gasteiger partial charge in [-0.15, -0.1) is 11.3 Å². The van der Waals surface area contributed by atoms with E-state index in [1.807, 2.05) is 25.3 Å². The van der Waals surface area contributed by atoms with Crippen LogP contribution in [0.4, 0.5) is 0 Å². The molecule has 0 radical (unpaired) electrons. The summed E-state index contributed by atoms with van der Waals surface area (Å²) in [5.74, 6) is 0.133. The summed E-state index contributed by atoms with van der Waals surface area (Å²) in [5, 5.41) is 12.5. The summed E-state index contributed by atoms with van der Waals surface area (Å²) in [6.07, 6.45) is 5.10. The van der Waals surface area contributed by atoms with Gasteiger partial charge >= 0.3 is 0 Å². The molecule has 0 atom stereocenters. The number of hydrogen-bond donors (Lipinski definition) is 1. The zero-order chi connectivity index (χ0) is 18.0. The molecule has 0 bridgehead atoms. The Morgan fingerprint density at radius 3 is 2.80 bits per heavy atom. The number of nitrogens with zero attached hydrogens (tertiary/aromatic N) is 2. The molecule has 2 heterocycles. The highest BCUT2D eigenvalue weighted by molar-refractivity contribution is 7.12. The molecule has 25 heavy (non-hydrogen) atoms. The van der Waals surface area contributed by atoms with Crippen LogP contribution in [0.2, 0.25) is 0 Å². The summed E-state index contributed by atoms with van der Waals surface area (Å²) >= 11 is 1.57. The number of benzene rings is 1. The average molecular weight is 354 g/mol. The number of ether oxygens (including phenoxy) is 1. The van der Waals surface area contributed by atoms with Gasteiger partial charge in [0.2, 0.25) is 0 Å². The average Bonchev–Trinajstić information content (AvgIpc) is 3.21. The fourth-order valence-electron chi connectivity index (χ4n) is 2.67. The summed E-state index contributed by atoms with van der Waals surface area (Å²) in [6, 6.07) is 6.58. The van der Waals surface area contributed by atoms with Crippen molar-refractivity contribution in [2.45, 2.75) is 13.8 Å². The molecule has 0 fully saturated rings. The van der Waals surface area contributed by atoms with Gasteiger partial charge < -0.3 is 9.84 Å². The lowest BCUT2D eigenvalue weighted by Gasteiger charge is -2.05. The molecule has 0 aliphatic carbocycles. The van der Waals surface area contributed by atoms with Gasteiger partial charge in [-0.1, -0.05) is 0 Å². The van der Waals surface area contributed by atoms with Gasteiger partial charge in [0.1, 0.15) is 0 Å².